The van der Waals surface area contributed by atoms with Crippen molar-refractivity contribution >= 4 is 11.7 Å². The number of aliphatic carboxylic acids is 1. The first kappa shape index (κ1) is 13.9. The first-order valence-corrected chi connectivity index (χ1v) is 6.71. The zero-order chi connectivity index (χ0) is 14.0. The molecule has 0 bridgehead atoms. The minimum Gasteiger partial charge on any atom is -0.480 e. The average Bonchev–Trinajstić information content (AvgIpc) is 2.81. The van der Waals surface area contributed by atoms with Gasteiger partial charge in [0, 0.05) is 24.8 Å². The van der Waals surface area contributed by atoms with Crippen LogP contribution in [0.15, 0.2) is 18.2 Å². The van der Waals surface area contributed by atoms with Crippen molar-refractivity contribution in [3.05, 3.63) is 29.3 Å². The molecule has 104 valence electrons. The van der Waals surface area contributed by atoms with Gasteiger partial charge in [-0.1, -0.05) is 6.07 Å². The predicted molar refractivity (Wildman–Crippen MR) is 76.8 cm³/mol. The summed E-state index contributed by atoms with van der Waals surface area (Å²) >= 11 is 0. The number of carboxylic acid groups (broad SMARTS) is 1. The van der Waals surface area contributed by atoms with E-state index < -0.39 is 5.97 Å². The van der Waals surface area contributed by atoms with Crippen LogP contribution in [0.3, 0.4) is 0 Å². The van der Waals surface area contributed by atoms with Crippen molar-refractivity contribution in [3.8, 4) is 0 Å². The SMILES string of the molecule is Cc1ccc(N2CCC(N(C)CC(=O)O)C2)cc1C. The lowest BCUT2D eigenvalue weighted by Crippen LogP contribution is -2.37. The van der Waals surface area contributed by atoms with Gasteiger partial charge in [-0.05, 0) is 50.6 Å². The van der Waals surface area contributed by atoms with Crippen molar-refractivity contribution in [2.45, 2.75) is 26.3 Å². The standard InChI is InChI=1S/C15H22N2O2/c1-11-4-5-13(8-12(11)2)17-7-6-14(9-17)16(3)10-15(18)19/h4-5,8,14H,6-7,9-10H2,1-3H3,(H,18,19). The zero-order valence-electron chi connectivity index (χ0n) is 11.9. The van der Waals surface area contributed by atoms with Gasteiger partial charge in [-0.25, -0.2) is 0 Å². The van der Waals surface area contributed by atoms with Gasteiger partial charge in [0.2, 0.25) is 0 Å². The van der Waals surface area contributed by atoms with E-state index in [1.54, 1.807) is 0 Å². The summed E-state index contributed by atoms with van der Waals surface area (Å²) in [4.78, 5) is 15.0. The Morgan fingerprint density at radius 1 is 1.42 bits per heavy atom. The van der Waals surface area contributed by atoms with Gasteiger partial charge in [0.15, 0.2) is 0 Å². The molecule has 0 aliphatic carbocycles. The summed E-state index contributed by atoms with van der Waals surface area (Å²) in [5, 5.41) is 8.84. The number of likely N-dealkylation sites (N-methyl/N-ethyl adjacent to an activating group) is 1. The largest absolute Gasteiger partial charge is 0.480 e. The Labute approximate surface area is 114 Å². The minimum absolute atomic E-state index is 0.117. The highest BCUT2D eigenvalue weighted by atomic mass is 16.4. The van der Waals surface area contributed by atoms with Crippen LogP contribution in [0, 0.1) is 13.8 Å². The van der Waals surface area contributed by atoms with Crippen molar-refractivity contribution in [3.63, 3.8) is 0 Å². The average molecular weight is 262 g/mol. The summed E-state index contributed by atoms with van der Waals surface area (Å²) in [5.41, 5.74) is 3.86. The molecule has 0 saturated carbocycles. The van der Waals surface area contributed by atoms with Gasteiger partial charge in [0.05, 0.1) is 6.54 Å². The lowest BCUT2D eigenvalue weighted by atomic mass is 10.1. The van der Waals surface area contributed by atoms with Crippen LogP contribution in [-0.4, -0.2) is 48.7 Å². The van der Waals surface area contributed by atoms with E-state index in [0.29, 0.717) is 6.04 Å². The molecule has 2 rings (SSSR count). The fraction of sp³-hybridized carbons (Fsp3) is 0.533. The Kier molecular flexibility index (Phi) is 4.10. The van der Waals surface area contributed by atoms with Crippen molar-refractivity contribution in [2.24, 2.45) is 0 Å². The van der Waals surface area contributed by atoms with Crippen molar-refractivity contribution in [1.29, 1.82) is 0 Å². The van der Waals surface area contributed by atoms with Gasteiger partial charge >= 0.3 is 5.97 Å². The molecule has 4 heteroatoms. The summed E-state index contributed by atoms with van der Waals surface area (Å²) < 4.78 is 0. The van der Waals surface area contributed by atoms with Crippen LogP contribution in [0.4, 0.5) is 5.69 Å². The summed E-state index contributed by atoms with van der Waals surface area (Å²) in [7, 11) is 1.89. The molecule has 0 aromatic heterocycles. The first-order valence-electron chi connectivity index (χ1n) is 6.71. The first-order chi connectivity index (χ1) is 8.97. The quantitative estimate of drug-likeness (QED) is 0.900. The number of aryl methyl sites for hydroxylation is 2. The maximum absolute atomic E-state index is 10.7. The van der Waals surface area contributed by atoms with Crippen LogP contribution >= 0.6 is 0 Å². The van der Waals surface area contributed by atoms with Crippen molar-refractivity contribution < 1.29 is 9.90 Å². The Hall–Kier alpha value is -1.55. The minimum atomic E-state index is -0.757. The smallest absolute Gasteiger partial charge is 0.317 e. The van der Waals surface area contributed by atoms with Crippen LogP contribution in [0.5, 0.6) is 0 Å². The molecule has 0 amide bonds. The highest BCUT2D eigenvalue weighted by Gasteiger charge is 2.26. The van der Waals surface area contributed by atoms with Crippen molar-refractivity contribution in [2.75, 3.05) is 31.6 Å². The van der Waals surface area contributed by atoms with E-state index in [1.807, 2.05) is 11.9 Å². The van der Waals surface area contributed by atoms with Crippen LogP contribution in [0.2, 0.25) is 0 Å². The Morgan fingerprint density at radius 2 is 2.16 bits per heavy atom. The van der Waals surface area contributed by atoms with Crippen LogP contribution in [0.1, 0.15) is 17.5 Å². The third-order valence-electron chi connectivity index (χ3n) is 4.03. The van der Waals surface area contributed by atoms with Gasteiger partial charge in [0.1, 0.15) is 0 Å². The topological polar surface area (TPSA) is 43.8 Å². The molecule has 1 saturated heterocycles. The third kappa shape index (κ3) is 3.26. The third-order valence-corrected chi connectivity index (χ3v) is 4.03. The van der Waals surface area contributed by atoms with E-state index in [0.717, 1.165) is 19.5 Å². The molecule has 1 unspecified atom stereocenters. The van der Waals surface area contributed by atoms with E-state index in [-0.39, 0.29) is 6.54 Å². The number of hydrogen-bond acceptors (Lipinski definition) is 3. The summed E-state index contributed by atoms with van der Waals surface area (Å²) in [6.07, 6.45) is 1.02. The number of anilines is 1. The number of nitrogens with zero attached hydrogens (tertiary/aromatic N) is 2. The van der Waals surface area contributed by atoms with Gasteiger partial charge < -0.3 is 10.0 Å². The molecule has 4 nitrogen and oxygen atoms in total. The summed E-state index contributed by atoms with van der Waals surface area (Å²) in [6, 6.07) is 6.85. The van der Waals surface area contributed by atoms with E-state index in [2.05, 4.69) is 36.9 Å². The molecule has 1 atom stereocenters. The molecule has 1 aliphatic rings. The monoisotopic (exact) mass is 262 g/mol. The number of carboxylic acids is 1. The van der Waals surface area contributed by atoms with E-state index in [1.165, 1.54) is 16.8 Å². The Bertz CT molecular complexity index is 473. The molecule has 0 radical (unpaired) electrons. The number of hydrogen-bond donors (Lipinski definition) is 1. The Balaban J connectivity index is 2.01. The number of benzene rings is 1. The second kappa shape index (κ2) is 5.61. The Morgan fingerprint density at radius 3 is 2.79 bits per heavy atom. The van der Waals surface area contributed by atoms with E-state index in [9.17, 15) is 4.79 Å². The lowest BCUT2D eigenvalue weighted by Gasteiger charge is -2.24. The molecule has 1 N–H and O–H groups in total. The molecule has 1 aromatic carbocycles. The summed E-state index contributed by atoms with van der Waals surface area (Å²) in [5.74, 6) is -0.757. The normalized spacial score (nSPS) is 19.2. The van der Waals surface area contributed by atoms with Gasteiger partial charge in [-0.15, -0.1) is 0 Å². The molecule has 19 heavy (non-hydrogen) atoms. The van der Waals surface area contributed by atoms with Crippen LogP contribution in [-0.2, 0) is 4.79 Å². The van der Waals surface area contributed by atoms with Gasteiger partial charge in [0.25, 0.3) is 0 Å². The van der Waals surface area contributed by atoms with Crippen LogP contribution < -0.4 is 4.90 Å². The molecular weight excluding hydrogens is 240 g/mol. The fourth-order valence-corrected chi connectivity index (χ4v) is 2.60. The van der Waals surface area contributed by atoms with Gasteiger partial charge in [-0.3, -0.25) is 9.69 Å². The van der Waals surface area contributed by atoms with E-state index >= 15 is 0 Å². The molecule has 1 heterocycles. The number of rotatable bonds is 4. The summed E-state index contributed by atoms with van der Waals surface area (Å²) in [6.45, 7) is 6.27. The lowest BCUT2D eigenvalue weighted by molar-refractivity contribution is -0.138. The zero-order valence-corrected chi connectivity index (χ0v) is 11.9. The fourth-order valence-electron chi connectivity index (χ4n) is 2.60. The maximum Gasteiger partial charge on any atom is 0.317 e. The van der Waals surface area contributed by atoms with Crippen LogP contribution in [0.25, 0.3) is 0 Å². The highest BCUT2D eigenvalue weighted by molar-refractivity contribution is 5.69. The maximum atomic E-state index is 10.7. The van der Waals surface area contributed by atoms with E-state index in [4.69, 9.17) is 5.11 Å². The molecular formula is C15H22N2O2. The molecule has 1 aromatic rings. The predicted octanol–water partition coefficient (Wildman–Crippen LogP) is 1.90. The highest BCUT2D eigenvalue weighted by Crippen LogP contribution is 2.24. The van der Waals surface area contributed by atoms with Crippen molar-refractivity contribution in [1.82, 2.24) is 4.90 Å². The molecule has 1 aliphatic heterocycles. The second-order valence-electron chi connectivity index (χ2n) is 5.47. The van der Waals surface area contributed by atoms with Gasteiger partial charge in [-0.2, -0.15) is 0 Å². The molecule has 1 fully saturated rings. The molecule has 0 spiro atoms. The number of carbonyl (C=O) groups is 1. The second-order valence-corrected chi connectivity index (χ2v) is 5.47.